The number of aliphatic hydroxyl groups is 2. The van der Waals surface area contributed by atoms with Crippen molar-refractivity contribution in [2.75, 3.05) is 26.2 Å². The van der Waals surface area contributed by atoms with Gasteiger partial charge >= 0.3 is 0 Å². The first-order valence-electron chi connectivity index (χ1n) is 5.26. The topological polar surface area (TPSA) is 43.7 Å². The molecule has 1 fully saturated rings. The molecule has 1 saturated heterocycles. The van der Waals surface area contributed by atoms with Crippen molar-refractivity contribution in [2.45, 2.75) is 39.2 Å². The maximum atomic E-state index is 9.62. The highest BCUT2D eigenvalue weighted by Gasteiger charge is 2.30. The molecule has 1 aliphatic heterocycles. The third-order valence-corrected chi connectivity index (χ3v) is 2.53. The van der Waals surface area contributed by atoms with Crippen LogP contribution in [-0.2, 0) is 0 Å². The molecule has 0 spiro atoms. The summed E-state index contributed by atoms with van der Waals surface area (Å²) in [6.45, 7) is 8.89. The lowest BCUT2D eigenvalue weighted by atomic mass is 9.92. The second kappa shape index (κ2) is 6.35. The van der Waals surface area contributed by atoms with Crippen molar-refractivity contribution < 1.29 is 10.2 Å². The minimum Gasteiger partial charge on any atom is -0.393 e. The molecular weight excluding hydrogens is 166 g/mol. The van der Waals surface area contributed by atoms with Gasteiger partial charge in [-0.2, -0.15) is 0 Å². The molecule has 0 amide bonds. The van der Waals surface area contributed by atoms with Crippen molar-refractivity contribution in [3.63, 3.8) is 0 Å². The summed E-state index contributed by atoms with van der Waals surface area (Å²) in [7, 11) is 0. The van der Waals surface area contributed by atoms with E-state index in [0.717, 1.165) is 19.6 Å². The molecule has 3 heteroatoms. The predicted molar refractivity (Wildman–Crippen MR) is 54.7 cm³/mol. The van der Waals surface area contributed by atoms with E-state index in [2.05, 4.69) is 11.8 Å². The Morgan fingerprint density at radius 1 is 1.23 bits per heavy atom. The highest BCUT2D eigenvalue weighted by atomic mass is 16.3. The maximum Gasteiger partial charge on any atom is 0.0901 e. The zero-order valence-corrected chi connectivity index (χ0v) is 9.08. The molecule has 0 saturated carbocycles. The van der Waals surface area contributed by atoms with E-state index in [1.807, 2.05) is 13.8 Å². The lowest BCUT2D eigenvalue weighted by Gasteiger charge is -2.36. The van der Waals surface area contributed by atoms with E-state index >= 15 is 0 Å². The van der Waals surface area contributed by atoms with Crippen molar-refractivity contribution in [2.24, 2.45) is 0 Å². The van der Waals surface area contributed by atoms with Gasteiger partial charge in [0.05, 0.1) is 12.2 Å². The zero-order chi connectivity index (χ0) is 10.3. The maximum absolute atomic E-state index is 9.62. The molecule has 0 radical (unpaired) electrons. The van der Waals surface area contributed by atoms with Crippen LogP contribution in [0, 0.1) is 0 Å². The van der Waals surface area contributed by atoms with Crippen molar-refractivity contribution in [3.05, 3.63) is 0 Å². The number of rotatable bonds is 2. The van der Waals surface area contributed by atoms with E-state index in [1.54, 1.807) is 0 Å². The third kappa shape index (κ3) is 4.07. The van der Waals surface area contributed by atoms with Gasteiger partial charge in [0, 0.05) is 13.1 Å². The number of hydrogen-bond donors (Lipinski definition) is 2. The molecule has 2 N–H and O–H groups in total. The molecule has 0 unspecified atom stereocenters. The second-order valence-electron chi connectivity index (χ2n) is 3.32. The summed E-state index contributed by atoms with van der Waals surface area (Å²) >= 11 is 0. The summed E-state index contributed by atoms with van der Waals surface area (Å²) in [4.78, 5) is 2.28. The Labute approximate surface area is 81.4 Å². The molecule has 80 valence electrons. The second-order valence-corrected chi connectivity index (χ2v) is 3.32. The molecule has 0 aliphatic carbocycles. The number of nitrogens with zero attached hydrogens (tertiary/aromatic N) is 1. The minimum absolute atomic E-state index is 0.0927. The van der Waals surface area contributed by atoms with Crippen LogP contribution in [0.5, 0.6) is 0 Å². The first kappa shape index (κ1) is 12.9. The normalized spacial score (nSPS) is 21.9. The molecule has 0 aromatic heterocycles. The van der Waals surface area contributed by atoms with Crippen LogP contribution in [-0.4, -0.2) is 47.0 Å². The smallest absolute Gasteiger partial charge is 0.0901 e. The van der Waals surface area contributed by atoms with Crippen LogP contribution in [0.25, 0.3) is 0 Å². The Balaban J connectivity index is 0.000000671. The fourth-order valence-electron chi connectivity index (χ4n) is 1.44. The van der Waals surface area contributed by atoms with Crippen LogP contribution in [0.3, 0.4) is 0 Å². The van der Waals surface area contributed by atoms with Gasteiger partial charge in [0.15, 0.2) is 0 Å². The number of piperidine rings is 1. The summed E-state index contributed by atoms with van der Waals surface area (Å²) in [6.07, 6.45) is 1.41. The zero-order valence-electron chi connectivity index (χ0n) is 9.08. The van der Waals surface area contributed by atoms with Crippen LogP contribution >= 0.6 is 0 Å². The largest absolute Gasteiger partial charge is 0.393 e. The lowest BCUT2D eigenvalue weighted by molar-refractivity contribution is -0.0585. The van der Waals surface area contributed by atoms with Gasteiger partial charge in [-0.1, -0.05) is 20.8 Å². The highest BCUT2D eigenvalue weighted by Crippen LogP contribution is 2.20. The Kier molecular flexibility index (Phi) is 6.29. The fourth-order valence-corrected chi connectivity index (χ4v) is 1.44. The van der Waals surface area contributed by atoms with Gasteiger partial charge in [0.25, 0.3) is 0 Å². The highest BCUT2D eigenvalue weighted by molar-refractivity contribution is 4.84. The predicted octanol–water partition coefficient (Wildman–Crippen LogP) is 0.852. The Bertz CT molecular complexity index is 120. The van der Waals surface area contributed by atoms with Crippen molar-refractivity contribution in [1.29, 1.82) is 0 Å². The average molecular weight is 189 g/mol. The van der Waals surface area contributed by atoms with Gasteiger partial charge in [-0.3, -0.25) is 0 Å². The Morgan fingerprint density at radius 2 is 1.69 bits per heavy atom. The fraction of sp³-hybridized carbons (Fsp3) is 1.00. The van der Waals surface area contributed by atoms with E-state index in [0.29, 0.717) is 12.8 Å². The van der Waals surface area contributed by atoms with Gasteiger partial charge in [0.2, 0.25) is 0 Å². The monoisotopic (exact) mass is 189 g/mol. The molecular formula is C10H23NO2. The Hall–Kier alpha value is -0.120. The third-order valence-electron chi connectivity index (χ3n) is 2.53. The van der Waals surface area contributed by atoms with E-state index < -0.39 is 5.60 Å². The van der Waals surface area contributed by atoms with Gasteiger partial charge in [-0.05, 0) is 19.4 Å². The first-order chi connectivity index (χ1) is 6.20. The van der Waals surface area contributed by atoms with E-state index in [1.165, 1.54) is 0 Å². The molecule has 3 nitrogen and oxygen atoms in total. The molecule has 0 bridgehead atoms. The van der Waals surface area contributed by atoms with Crippen LogP contribution in [0.2, 0.25) is 0 Å². The summed E-state index contributed by atoms with van der Waals surface area (Å²) in [5.41, 5.74) is -0.786. The van der Waals surface area contributed by atoms with E-state index in [9.17, 15) is 5.11 Å². The van der Waals surface area contributed by atoms with Crippen LogP contribution in [0.1, 0.15) is 33.6 Å². The van der Waals surface area contributed by atoms with Gasteiger partial charge in [0.1, 0.15) is 0 Å². The molecule has 0 atom stereocenters. The van der Waals surface area contributed by atoms with Crippen LogP contribution in [0.4, 0.5) is 0 Å². The molecule has 0 aromatic rings. The van der Waals surface area contributed by atoms with Gasteiger partial charge in [-0.15, -0.1) is 0 Å². The summed E-state index contributed by atoms with van der Waals surface area (Å²) in [5, 5.41) is 18.5. The van der Waals surface area contributed by atoms with Gasteiger partial charge < -0.3 is 15.1 Å². The minimum atomic E-state index is -0.786. The summed E-state index contributed by atoms with van der Waals surface area (Å²) < 4.78 is 0. The summed E-state index contributed by atoms with van der Waals surface area (Å²) in [5.74, 6) is 0. The molecule has 1 aliphatic rings. The molecule has 1 heterocycles. The number of likely N-dealkylation sites (tertiary alicyclic amines) is 1. The number of hydrogen-bond acceptors (Lipinski definition) is 3. The number of aliphatic hydroxyl groups excluding tert-OH is 1. The SMILES string of the molecule is CC.CCN1CCC(O)(CO)CC1. The molecule has 1 rings (SSSR count). The first-order valence-corrected chi connectivity index (χ1v) is 5.26. The van der Waals surface area contributed by atoms with E-state index in [4.69, 9.17) is 5.11 Å². The Morgan fingerprint density at radius 3 is 2.00 bits per heavy atom. The van der Waals surface area contributed by atoms with Crippen molar-refractivity contribution in [1.82, 2.24) is 4.90 Å². The average Bonchev–Trinajstić information content (AvgIpc) is 2.22. The van der Waals surface area contributed by atoms with E-state index in [-0.39, 0.29) is 6.61 Å². The quantitative estimate of drug-likeness (QED) is 0.677. The van der Waals surface area contributed by atoms with Crippen LogP contribution < -0.4 is 0 Å². The van der Waals surface area contributed by atoms with Gasteiger partial charge in [-0.25, -0.2) is 0 Å². The molecule has 0 aromatic carbocycles. The van der Waals surface area contributed by atoms with Crippen molar-refractivity contribution in [3.8, 4) is 0 Å². The summed E-state index contributed by atoms with van der Waals surface area (Å²) in [6, 6.07) is 0. The lowest BCUT2D eigenvalue weighted by Crippen LogP contribution is -2.46. The van der Waals surface area contributed by atoms with Crippen molar-refractivity contribution >= 4 is 0 Å². The molecule has 13 heavy (non-hydrogen) atoms. The standard InChI is InChI=1S/C8H17NO2.C2H6/c1-2-9-5-3-8(11,7-10)4-6-9;1-2/h10-11H,2-7H2,1H3;1-2H3. The van der Waals surface area contributed by atoms with Crippen LogP contribution in [0.15, 0.2) is 0 Å².